The van der Waals surface area contributed by atoms with Crippen LogP contribution in [0.3, 0.4) is 0 Å². The monoisotopic (exact) mass is 230 g/mol. The van der Waals surface area contributed by atoms with E-state index in [2.05, 4.69) is 11.6 Å². The lowest BCUT2D eigenvalue weighted by molar-refractivity contribution is 0.390. The summed E-state index contributed by atoms with van der Waals surface area (Å²) in [4.78, 5) is 0. The first-order valence-corrected chi connectivity index (χ1v) is 7.71. The Kier molecular flexibility index (Phi) is 7.49. The molecule has 0 bridgehead atoms. The standard InChI is InChI=1S/C12H26N2S/c1-15-9-8-12(10-13)14-11-6-4-2-3-5-7-11/h11-12,14H,2-10,13H2,1H3. The van der Waals surface area contributed by atoms with Crippen LogP contribution in [0.15, 0.2) is 0 Å². The van der Waals surface area contributed by atoms with E-state index in [0.29, 0.717) is 6.04 Å². The Morgan fingerprint density at radius 2 is 1.93 bits per heavy atom. The Labute approximate surface area is 98.8 Å². The Morgan fingerprint density at radius 1 is 1.27 bits per heavy atom. The largest absolute Gasteiger partial charge is 0.329 e. The van der Waals surface area contributed by atoms with E-state index in [4.69, 9.17) is 5.73 Å². The van der Waals surface area contributed by atoms with Crippen molar-refractivity contribution >= 4 is 11.8 Å². The molecule has 1 aliphatic carbocycles. The molecule has 3 N–H and O–H groups in total. The van der Waals surface area contributed by atoms with Crippen molar-refractivity contribution in [2.75, 3.05) is 18.6 Å². The molecule has 0 aromatic carbocycles. The van der Waals surface area contributed by atoms with E-state index in [1.54, 1.807) is 0 Å². The van der Waals surface area contributed by atoms with E-state index in [1.807, 2.05) is 11.8 Å². The maximum absolute atomic E-state index is 5.80. The van der Waals surface area contributed by atoms with Gasteiger partial charge in [-0.3, -0.25) is 0 Å². The third kappa shape index (κ3) is 5.79. The summed E-state index contributed by atoms with van der Waals surface area (Å²) >= 11 is 1.92. The number of rotatable bonds is 6. The predicted molar refractivity (Wildman–Crippen MR) is 70.5 cm³/mol. The van der Waals surface area contributed by atoms with Crippen LogP contribution in [0.1, 0.15) is 44.9 Å². The van der Waals surface area contributed by atoms with Gasteiger partial charge in [0.2, 0.25) is 0 Å². The van der Waals surface area contributed by atoms with Crippen LogP contribution in [0.5, 0.6) is 0 Å². The summed E-state index contributed by atoms with van der Waals surface area (Å²) in [7, 11) is 0. The zero-order chi connectivity index (χ0) is 10.9. The molecule has 0 aromatic heterocycles. The van der Waals surface area contributed by atoms with Crippen molar-refractivity contribution in [3.8, 4) is 0 Å². The van der Waals surface area contributed by atoms with Crippen LogP contribution in [-0.2, 0) is 0 Å². The Hall–Kier alpha value is 0.270. The first kappa shape index (κ1) is 13.3. The highest BCUT2D eigenvalue weighted by Crippen LogP contribution is 2.18. The van der Waals surface area contributed by atoms with Gasteiger partial charge in [0.25, 0.3) is 0 Å². The lowest BCUT2D eigenvalue weighted by atomic mass is 10.1. The first-order valence-electron chi connectivity index (χ1n) is 6.32. The summed E-state index contributed by atoms with van der Waals surface area (Å²) < 4.78 is 0. The average Bonchev–Trinajstić information content (AvgIpc) is 2.52. The molecule has 0 radical (unpaired) electrons. The third-order valence-electron chi connectivity index (χ3n) is 3.28. The molecule has 0 saturated heterocycles. The summed E-state index contributed by atoms with van der Waals surface area (Å²) in [6.45, 7) is 0.789. The molecule has 2 nitrogen and oxygen atoms in total. The van der Waals surface area contributed by atoms with E-state index in [9.17, 15) is 0 Å². The number of hydrogen-bond acceptors (Lipinski definition) is 3. The molecular formula is C12H26N2S. The highest BCUT2D eigenvalue weighted by atomic mass is 32.2. The summed E-state index contributed by atoms with van der Waals surface area (Å²) in [5.41, 5.74) is 5.80. The van der Waals surface area contributed by atoms with Crippen LogP contribution in [0.2, 0.25) is 0 Å². The van der Waals surface area contributed by atoms with Crippen molar-refractivity contribution < 1.29 is 0 Å². The molecule has 0 heterocycles. The summed E-state index contributed by atoms with van der Waals surface area (Å²) in [5.74, 6) is 1.22. The van der Waals surface area contributed by atoms with E-state index in [1.165, 1.54) is 50.7 Å². The molecule has 1 unspecified atom stereocenters. The van der Waals surface area contributed by atoms with Gasteiger partial charge in [-0.2, -0.15) is 11.8 Å². The van der Waals surface area contributed by atoms with E-state index >= 15 is 0 Å². The Balaban J connectivity index is 2.22. The van der Waals surface area contributed by atoms with Crippen molar-refractivity contribution in [2.24, 2.45) is 5.73 Å². The molecule has 0 aromatic rings. The second-order valence-corrected chi connectivity index (χ2v) is 5.55. The smallest absolute Gasteiger partial charge is 0.0200 e. The molecule has 90 valence electrons. The van der Waals surface area contributed by atoms with Gasteiger partial charge in [0.05, 0.1) is 0 Å². The fourth-order valence-electron chi connectivity index (χ4n) is 2.31. The van der Waals surface area contributed by atoms with E-state index < -0.39 is 0 Å². The minimum absolute atomic E-state index is 0.542. The van der Waals surface area contributed by atoms with Gasteiger partial charge >= 0.3 is 0 Å². The van der Waals surface area contributed by atoms with Crippen LogP contribution < -0.4 is 11.1 Å². The lowest BCUT2D eigenvalue weighted by Crippen LogP contribution is -2.43. The highest BCUT2D eigenvalue weighted by molar-refractivity contribution is 7.98. The van der Waals surface area contributed by atoms with Crippen LogP contribution in [0.4, 0.5) is 0 Å². The lowest BCUT2D eigenvalue weighted by Gasteiger charge is -2.23. The maximum Gasteiger partial charge on any atom is 0.0200 e. The molecular weight excluding hydrogens is 204 g/mol. The summed E-state index contributed by atoms with van der Waals surface area (Å²) in [5, 5.41) is 3.74. The average molecular weight is 230 g/mol. The van der Waals surface area contributed by atoms with Gasteiger partial charge < -0.3 is 11.1 Å². The zero-order valence-corrected chi connectivity index (χ0v) is 10.8. The second-order valence-electron chi connectivity index (χ2n) is 4.57. The molecule has 0 aliphatic heterocycles. The molecule has 1 fully saturated rings. The number of thioether (sulfide) groups is 1. The summed E-state index contributed by atoms with van der Waals surface area (Å²) in [6, 6.07) is 1.28. The summed E-state index contributed by atoms with van der Waals surface area (Å²) in [6.07, 6.45) is 11.8. The van der Waals surface area contributed by atoms with Crippen LogP contribution in [-0.4, -0.2) is 30.6 Å². The number of hydrogen-bond donors (Lipinski definition) is 2. The minimum Gasteiger partial charge on any atom is -0.329 e. The molecule has 3 heteroatoms. The van der Waals surface area contributed by atoms with Crippen LogP contribution >= 0.6 is 11.8 Å². The van der Waals surface area contributed by atoms with Crippen molar-refractivity contribution in [3.63, 3.8) is 0 Å². The maximum atomic E-state index is 5.80. The number of nitrogens with one attached hydrogen (secondary N) is 1. The fraction of sp³-hybridized carbons (Fsp3) is 1.00. The first-order chi connectivity index (χ1) is 7.36. The quantitative estimate of drug-likeness (QED) is 0.688. The van der Waals surface area contributed by atoms with Gasteiger partial charge in [-0.25, -0.2) is 0 Å². The molecule has 1 atom stereocenters. The molecule has 0 spiro atoms. The molecule has 1 rings (SSSR count). The molecule has 1 saturated carbocycles. The van der Waals surface area contributed by atoms with Gasteiger partial charge in [0.15, 0.2) is 0 Å². The van der Waals surface area contributed by atoms with E-state index in [0.717, 1.165) is 12.6 Å². The van der Waals surface area contributed by atoms with Crippen molar-refractivity contribution in [3.05, 3.63) is 0 Å². The Bertz CT molecular complexity index is 145. The SMILES string of the molecule is CSCCC(CN)NC1CCCCCC1. The molecule has 0 amide bonds. The van der Waals surface area contributed by atoms with Crippen molar-refractivity contribution in [1.29, 1.82) is 0 Å². The second kappa shape index (κ2) is 8.43. The van der Waals surface area contributed by atoms with Crippen molar-refractivity contribution in [2.45, 2.75) is 57.0 Å². The van der Waals surface area contributed by atoms with Crippen LogP contribution in [0, 0.1) is 0 Å². The van der Waals surface area contributed by atoms with Gasteiger partial charge in [-0.1, -0.05) is 25.7 Å². The third-order valence-corrected chi connectivity index (χ3v) is 3.93. The Morgan fingerprint density at radius 3 is 2.47 bits per heavy atom. The number of nitrogens with two attached hydrogens (primary N) is 1. The topological polar surface area (TPSA) is 38.0 Å². The molecule has 15 heavy (non-hydrogen) atoms. The van der Waals surface area contributed by atoms with Gasteiger partial charge in [0.1, 0.15) is 0 Å². The van der Waals surface area contributed by atoms with E-state index in [-0.39, 0.29) is 0 Å². The van der Waals surface area contributed by atoms with Gasteiger partial charge in [-0.15, -0.1) is 0 Å². The van der Waals surface area contributed by atoms with Crippen LogP contribution in [0.25, 0.3) is 0 Å². The van der Waals surface area contributed by atoms with Gasteiger partial charge in [0, 0.05) is 18.6 Å². The normalized spacial score (nSPS) is 21.2. The zero-order valence-electron chi connectivity index (χ0n) is 10.0. The van der Waals surface area contributed by atoms with Gasteiger partial charge in [-0.05, 0) is 31.3 Å². The van der Waals surface area contributed by atoms with Crippen molar-refractivity contribution in [1.82, 2.24) is 5.32 Å². The predicted octanol–water partition coefficient (Wildman–Crippen LogP) is 2.38. The molecule has 1 aliphatic rings. The fourth-order valence-corrected chi connectivity index (χ4v) is 2.83. The minimum atomic E-state index is 0.542. The highest BCUT2D eigenvalue weighted by Gasteiger charge is 2.15.